The number of H-pyrrole nitrogens is 1. The molecule has 0 aliphatic heterocycles. The summed E-state index contributed by atoms with van der Waals surface area (Å²) < 4.78 is 26.2. The number of likely N-dealkylation sites (N-methyl/N-ethyl adjacent to an activating group) is 1. The smallest absolute Gasteiger partial charge is 0.141 e. The highest BCUT2D eigenvalue weighted by molar-refractivity contribution is 5.20. The minimum Gasteiger partial charge on any atom is -0.310 e. The molecule has 1 heterocycles. The molecule has 6 heteroatoms. The fourth-order valence-electron chi connectivity index (χ4n) is 1.63. The molecule has 0 spiro atoms. The van der Waals surface area contributed by atoms with E-state index in [2.05, 4.69) is 20.5 Å². The molecule has 0 saturated heterocycles. The van der Waals surface area contributed by atoms with E-state index in [0.29, 0.717) is 17.8 Å². The van der Waals surface area contributed by atoms with E-state index in [1.807, 2.05) is 0 Å². The zero-order valence-corrected chi connectivity index (χ0v) is 9.24. The highest BCUT2D eigenvalue weighted by Crippen LogP contribution is 2.17. The molecule has 4 nitrogen and oxygen atoms in total. The Morgan fingerprint density at radius 3 is 2.82 bits per heavy atom. The third-order valence-corrected chi connectivity index (χ3v) is 2.55. The van der Waals surface area contributed by atoms with Crippen LogP contribution in [0.3, 0.4) is 0 Å². The molecule has 0 aliphatic rings. The number of aromatic nitrogens is 3. The normalized spacial score (nSPS) is 12.6. The van der Waals surface area contributed by atoms with Crippen molar-refractivity contribution in [1.82, 2.24) is 20.5 Å². The molecule has 2 N–H and O–H groups in total. The number of benzene rings is 1. The second kappa shape index (κ2) is 5.01. The molecule has 0 bridgehead atoms. The van der Waals surface area contributed by atoms with Crippen molar-refractivity contribution >= 4 is 0 Å². The third kappa shape index (κ3) is 2.65. The molecule has 0 fully saturated rings. The molecule has 2 rings (SSSR count). The van der Waals surface area contributed by atoms with Crippen LogP contribution < -0.4 is 5.32 Å². The van der Waals surface area contributed by atoms with Gasteiger partial charge in [0.05, 0.1) is 6.04 Å². The molecule has 0 radical (unpaired) electrons. The number of rotatable bonds is 4. The highest BCUT2D eigenvalue weighted by atomic mass is 19.1. The van der Waals surface area contributed by atoms with Gasteiger partial charge in [-0.1, -0.05) is 6.07 Å². The fraction of sp³-hybridized carbons (Fsp3) is 0.273. The summed E-state index contributed by atoms with van der Waals surface area (Å²) in [6.45, 7) is 0. The van der Waals surface area contributed by atoms with Gasteiger partial charge in [0.2, 0.25) is 0 Å². The van der Waals surface area contributed by atoms with E-state index in [9.17, 15) is 8.78 Å². The summed E-state index contributed by atoms with van der Waals surface area (Å²) >= 11 is 0. The second-order valence-corrected chi connectivity index (χ2v) is 3.65. The third-order valence-electron chi connectivity index (χ3n) is 2.55. The number of hydrogen-bond acceptors (Lipinski definition) is 3. The van der Waals surface area contributed by atoms with Crippen molar-refractivity contribution in [3.05, 3.63) is 47.5 Å². The second-order valence-electron chi connectivity index (χ2n) is 3.65. The van der Waals surface area contributed by atoms with Crippen LogP contribution in [0, 0.1) is 11.6 Å². The summed E-state index contributed by atoms with van der Waals surface area (Å²) in [4.78, 5) is 4.01. The van der Waals surface area contributed by atoms with Crippen LogP contribution in [0.5, 0.6) is 0 Å². The van der Waals surface area contributed by atoms with E-state index in [0.717, 1.165) is 6.07 Å². The Bertz CT molecular complexity index is 484. The van der Waals surface area contributed by atoms with Gasteiger partial charge in [0.15, 0.2) is 0 Å². The van der Waals surface area contributed by atoms with E-state index in [4.69, 9.17) is 0 Å². The van der Waals surface area contributed by atoms with Gasteiger partial charge in [-0.15, -0.1) is 0 Å². The van der Waals surface area contributed by atoms with Crippen LogP contribution >= 0.6 is 0 Å². The Morgan fingerprint density at radius 2 is 2.24 bits per heavy atom. The monoisotopic (exact) mass is 238 g/mol. The topological polar surface area (TPSA) is 53.6 Å². The number of nitrogens with zero attached hydrogens (tertiary/aromatic N) is 2. The SMILES string of the molecule is CNC(Cc1ccc(F)cc1F)c1ncn[nH]1. The average Bonchev–Trinajstić information content (AvgIpc) is 2.81. The first-order chi connectivity index (χ1) is 8.20. The largest absolute Gasteiger partial charge is 0.310 e. The van der Waals surface area contributed by atoms with Crippen LogP contribution in [0.1, 0.15) is 17.4 Å². The van der Waals surface area contributed by atoms with Gasteiger partial charge < -0.3 is 5.32 Å². The van der Waals surface area contributed by atoms with Gasteiger partial charge in [0, 0.05) is 6.07 Å². The summed E-state index contributed by atoms with van der Waals surface area (Å²) in [7, 11) is 1.74. The maximum absolute atomic E-state index is 13.5. The first-order valence-electron chi connectivity index (χ1n) is 5.17. The van der Waals surface area contributed by atoms with E-state index in [-0.39, 0.29) is 6.04 Å². The van der Waals surface area contributed by atoms with Gasteiger partial charge in [-0.2, -0.15) is 5.10 Å². The molecule has 17 heavy (non-hydrogen) atoms. The highest BCUT2D eigenvalue weighted by Gasteiger charge is 2.15. The van der Waals surface area contributed by atoms with Crippen LogP contribution in [-0.4, -0.2) is 22.2 Å². The molecular formula is C11H12F2N4. The van der Waals surface area contributed by atoms with Crippen molar-refractivity contribution in [1.29, 1.82) is 0 Å². The minimum absolute atomic E-state index is 0.183. The lowest BCUT2D eigenvalue weighted by Gasteiger charge is -2.13. The van der Waals surface area contributed by atoms with Gasteiger partial charge in [0.25, 0.3) is 0 Å². The van der Waals surface area contributed by atoms with Crippen LogP contribution in [0.4, 0.5) is 8.78 Å². The number of nitrogens with one attached hydrogen (secondary N) is 2. The van der Waals surface area contributed by atoms with Crippen molar-refractivity contribution in [3.8, 4) is 0 Å². The molecule has 0 aliphatic carbocycles. The molecule has 1 aromatic carbocycles. The maximum Gasteiger partial charge on any atom is 0.141 e. The van der Waals surface area contributed by atoms with Crippen molar-refractivity contribution in [3.63, 3.8) is 0 Å². The van der Waals surface area contributed by atoms with Crippen LogP contribution in [0.25, 0.3) is 0 Å². The summed E-state index contributed by atoms with van der Waals surface area (Å²) in [5, 5.41) is 9.46. The number of hydrogen-bond donors (Lipinski definition) is 2. The summed E-state index contributed by atoms with van der Waals surface area (Å²) in [6.07, 6.45) is 1.76. The van der Waals surface area contributed by atoms with Gasteiger partial charge in [0.1, 0.15) is 23.8 Å². The number of halogens is 2. The lowest BCUT2D eigenvalue weighted by atomic mass is 10.0. The van der Waals surface area contributed by atoms with Crippen molar-refractivity contribution in [2.24, 2.45) is 0 Å². The molecule has 0 amide bonds. The molecule has 2 aromatic rings. The molecule has 1 unspecified atom stereocenters. The first kappa shape index (κ1) is 11.7. The van der Waals surface area contributed by atoms with Gasteiger partial charge in [-0.25, -0.2) is 13.8 Å². The Balaban J connectivity index is 2.19. The summed E-state index contributed by atoms with van der Waals surface area (Å²) in [5.74, 6) is -0.507. The van der Waals surface area contributed by atoms with Gasteiger partial charge in [-0.05, 0) is 25.1 Å². The Morgan fingerprint density at radius 1 is 1.41 bits per heavy atom. The van der Waals surface area contributed by atoms with Gasteiger partial charge in [-0.3, -0.25) is 5.10 Å². The minimum atomic E-state index is -0.577. The lowest BCUT2D eigenvalue weighted by Crippen LogP contribution is -2.20. The summed E-state index contributed by atoms with van der Waals surface area (Å²) in [6, 6.07) is 3.37. The molecule has 0 saturated carbocycles. The molecule has 1 atom stereocenters. The zero-order chi connectivity index (χ0) is 12.3. The Kier molecular flexibility index (Phi) is 3.43. The van der Waals surface area contributed by atoms with Crippen LogP contribution in [0.2, 0.25) is 0 Å². The molecule has 1 aromatic heterocycles. The summed E-state index contributed by atoms with van der Waals surface area (Å²) in [5.41, 5.74) is 0.433. The van der Waals surface area contributed by atoms with Crippen LogP contribution in [-0.2, 0) is 6.42 Å². The van der Waals surface area contributed by atoms with Crippen molar-refractivity contribution < 1.29 is 8.78 Å². The zero-order valence-electron chi connectivity index (χ0n) is 9.24. The standard InChI is InChI=1S/C11H12F2N4/c1-14-10(11-15-6-16-17-11)4-7-2-3-8(12)5-9(7)13/h2-3,5-6,10,14H,4H2,1H3,(H,15,16,17). The predicted octanol–water partition coefficient (Wildman–Crippen LogP) is 1.59. The quantitative estimate of drug-likeness (QED) is 0.850. The maximum atomic E-state index is 13.5. The van der Waals surface area contributed by atoms with Gasteiger partial charge >= 0.3 is 0 Å². The Hall–Kier alpha value is -1.82. The van der Waals surface area contributed by atoms with Crippen LogP contribution in [0.15, 0.2) is 24.5 Å². The van der Waals surface area contributed by atoms with E-state index < -0.39 is 11.6 Å². The van der Waals surface area contributed by atoms with Crippen molar-refractivity contribution in [2.45, 2.75) is 12.5 Å². The lowest BCUT2D eigenvalue weighted by molar-refractivity contribution is 0.526. The predicted molar refractivity (Wildman–Crippen MR) is 58.2 cm³/mol. The first-order valence-corrected chi connectivity index (χ1v) is 5.17. The number of aromatic amines is 1. The fourth-order valence-corrected chi connectivity index (χ4v) is 1.63. The molecule has 90 valence electrons. The Labute approximate surface area is 97.1 Å². The average molecular weight is 238 g/mol. The van der Waals surface area contributed by atoms with E-state index >= 15 is 0 Å². The van der Waals surface area contributed by atoms with Crippen molar-refractivity contribution in [2.75, 3.05) is 7.05 Å². The molecular weight excluding hydrogens is 226 g/mol. The van der Waals surface area contributed by atoms with E-state index in [1.54, 1.807) is 7.05 Å². The van der Waals surface area contributed by atoms with E-state index in [1.165, 1.54) is 18.5 Å².